The van der Waals surface area contributed by atoms with Gasteiger partial charge >= 0.3 is 0 Å². The van der Waals surface area contributed by atoms with Crippen LogP contribution in [0, 0.1) is 6.92 Å². The van der Waals surface area contributed by atoms with Gasteiger partial charge < -0.3 is 14.2 Å². The Kier molecular flexibility index (Phi) is 2.60. The van der Waals surface area contributed by atoms with Crippen molar-refractivity contribution in [3.8, 4) is 0 Å². The van der Waals surface area contributed by atoms with E-state index in [-0.39, 0.29) is 6.61 Å². The molecule has 0 amide bonds. The summed E-state index contributed by atoms with van der Waals surface area (Å²) in [4.78, 5) is 4.19. The second-order valence-electron chi connectivity index (χ2n) is 4.19. The molecule has 3 rings (SSSR count). The van der Waals surface area contributed by atoms with Crippen LogP contribution in [-0.4, -0.2) is 19.8 Å². The van der Waals surface area contributed by atoms with Crippen molar-refractivity contribution in [2.24, 2.45) is 0 Å². The SMILES string of the molecule is Cc1noc(Cn2ccc3c(CO)cccc32)n1. The van der Waals surface area contributed by atoms with Crippen LogP contribution in [0.4, 0.5) is 0 Å². The summed E-state index contributed by atoms with van der Waals surface area (Å²) in [6, 6.07) is 7.86. The molecular formula is C13H13N3O2. The fraction of sp³-hybridized carbons (Fsp3) is 0.231. The molecule has 0 atom stereocenters. The summed E-state index contributed by atoms with van der Waals surface area (Å²) in [5.74, 6) is 1.22. The summed E-state index contributed by atoms with van der Waals surface area (Å²) < 4.78 is 7.14. The summed E-state index contributed by atoms with van der Waals surface area (Å²) in [6.07, 6.45) is 1.96. The van der Waals surface area contributed by atoms with E-state index in [2.05, 4.69) is 10.1 Å². The lowest BCUT2D eigenvalue weighted by Crippen LogP contribution is -1.98. The third-order valence-electron chi connectivity index (χ3n) is 2.95. The van der Waals surface area contributed by atoms with Crippen molar-refractivity contribution >= 4 is 10.9 Å². The van der Waals surface area contributed by atoms with Crippen molar-refractivity contribution < 1.29 is 9.63 Å². The number of aliphatic hydroxyl groups excluding tert-OH is 1. The Morgan fingerprint density at radius 3 is 2.94 bits per heavy atom. The maximum absolute atomic E-state index is 9.29. The van der Waals surface area contributed by atoms with Gasteiger partial charge in [0.05, 0.1) is 6.61 Å². The summed E-state index contributed by atoms with van der Waals surface area (Å²) >= 11 is 0. The molecule has 0 aliphatic heterocycles. The fourth-order valence-corrected chi connectivity index (χ4v) is 2.11. The Bertz CT molecular complexity index is 684. The number of nitrogens with zero attached hydrogens (tertiary/aromatic N) is 3. The monoisotopic (exact) mass is 243 g/mol. The third-order valence-corrected chi connectivity index (χ3v) is 2.95. The summed E-state index contributed by atoms with van der Waals surface area (Å²) in [6.45, 7) is 2.38. The lowest BCUT2D eigenvalue weighted by atomic mass is 10.1. The smallest absolute Gasteiger partial charge is 0.246 e. The van der Waals surface area contributed by atoms with Crippen LogP contribution in [0.15, 0.2) is 35.0 Å². The first kappa shape index (κ1) is 11.0. The zero-order valence-corrected chi connectivity index (χ0v) is 10.00. The van der Waals surface area contributed by atoms with Crippen molar-refractivity contribution in [2.45, 2.75) is 20.1 Å². The maximum Gasteiger partial charge on any atom is 0.246 e. The number of aliphatic hydroxyl groups is 1. The van der Waals surface area contributed by atoms with E-state index in [1.807, 2.05) is 35.0 Å². The molecule has 0 saturated heterocycles. The molecule has 5 nitrogen and oxygen atoms in total. The Morgan fingerprint density at radius 2 is 2.22 bits per heavy atom. The van der Waals surface area contributed by atoms with Crippen LogP contribution in [0.3, 0.4) is 0 Å². The highest BCUT2D eigenvalue weighted by atomic mass is 16.5. The summed E-state index contributed by atoms with van der Waals surface area (Å²) in [5.41, 5.74) is 1.98. The van der Waals surface area contributed by atoms with Gasteiger partial charge in [-0.1, -0.05) is 17.3 Å². The highest BCUT2D eigenvalue weighted by Crippen LogP contribution is 2.21. The first-order valence-electron chi connectivity index (χ1n) is 5.74. The molecule has 18 heavy (non-hydrogen) atoms. The predicted octanol–water partition coefficient (Wildman–Crippen LogP) is 1.87. The third kappa shape index (κ3) is 1.78. The van der Waals surface area contributed by atoms with Crippen molar-refractivity contribution in [2.75, 3.05) is 0 Å². The van der Waals surface area contributed by atoms with E-state index in [1.54, 1.807) is 6.92 Å². The molecule has 2 aromatic heterocycles. The van der Waals surface area contributed by atoms with Gasteiger partial charge in [-0.3, -0.25) is 0 Å². The lowest BCUT2D eigenvalue weighted by Gasteiger charge is -2.03. The molecule has 92 valence electrons. The zero-order chi connectivity index (χ0) is 12.5. The van der Waals surface area contributed by atoms with Crippen LogP contribution in [0.25, 0.3) is 10.9 Å². The second-order valence-corrected chi connectivity index (χ2v) is 4.19. The standard InChI is InChI=1S/C13H13N3O2/c1-9-14-13(18-15-9)7-16-6-5-11-10(8-17)3-2-4-12(11)16/h2-6,17H,7-8H2,1H3. The van der Waals surface area contributed by atoms with Crippen molar-refractivity contribution in [1.82, 2.24) is 14.7 Å². The van der Waals surface area contributed by atoms with Gasteiger partial charge in [0.25, 0.3) is 0 Å². The molecule has 0 fully saturated rings. The second kappa shape index (κ2) is 4.27. The van der Waals surface area contributed by atoms with E-state index in [0.29, 0.717) is 18.3 Å². The molecule has 0 spiro atoms. The van der Waals surface area contributed by atoms with Crippen LogP contribution >= 0.6 is 0 Å². The van der Waals surface area contributed by atoms with Gasteiger partial charge in [0.2, 0.25) is 5.89 Å². The molecule has 5 heteroatoms. The molecule has 3 aromatic rings. The van der Waals surface area contributed by atoms with Crippen molar-refractivity contribution in [1.29, 1.82) is 0 Å². The van der Waals surface area contributed by atoms with E-state index in [0.717, 1.165) is 16.5 Å². The van der Waals surface area contributed by atoms with Crippen molar-refractivity contribution in [3.05, 3.63) is 47.7 Å². The Hall–Kier alpha value is -2.14. The average molecular weight is 243 g/mol. The minimum Gasteiger partial charge on any atom is -0.392 e. The van der Waals surface area contributed by atoms with Gasteiger partial charge in [-0.05, 0) is 24.6 Å². The molecule has 0 radical (unpaired) electrons. The summed E-state index contributed by atoms with van der Waals surface area (Å²) in [7, 11) is 0. The Morgan fingerprint density at radius 1 is 1.33 bits per heavy atom. The molecular weight excluding hydrogens is 230 g/mol. The number of aromatic nitrogens is 3. The van der Waals surface area contributed by atoms with Crippen LogP contribution in [0.1, 0.15) is 17.3 Å². The highest BCUT2D eigenvalue weighted by Gasteiger charge is 2.08. The number of hydrogen-bond acceptors (Lipinski definition) is 4. The van der Waals surface area contributed by atoms with Gasteiger partial charge in [-0.25, -0.2) is 0 Å². The van der Waals surface area contributed by atoms with Gasteiger partial charge in [0, 0.05) is 17.1 Å². The van der Waals surface area contributed by atoms with Gasteiger partial charge in [-0.15, -0.1) is 0 Å². The largest absolute Gasteiger partial charge is 0.392 e. The molecule has 0 aliphatic carbocycles. The van der Waals surface area contributed by atoms with Gasteiger partial charge in [0.15, 0.2) is 5.82 Å². The topological polar surface area (TPSA) is 64.1 Å². The first-order valence-corrected chi connectivity index (χ1v) is 5.74. The van der Waals surface area contributed by atoms with E-state index in [1.165, 1.54) is 0 Å². The quantitative estimate of drug-likeness (QED) is 0.762. The molecule has 0 saturated carbocycles. The van der Waals surface area contributed by atoms with Crippen LogP contribution in [0.2, 0.25) is 0 Å². The lowest BCUT2D eigenvalue weighted by molar-refractivity contribution is 0.283. The van der Waals surface area contributed by atoms with Crippen LogP contribution in [0.5, 0.6) is 0 Å². The fourth-order valence-electron chi connectivity index (χ4n) is 2.11. The number of fused-ring (bicyclic) bond motifs is 1. The van der Waals surface area contributed by atoms with E-state index in [9.17, 15) is 5.11 Å². The van der Waals surface area contributed by atoms with Gasteiger partial charge in [-0.2, -0.15) is 4.98 Å². The molecule has 1 N–H and O–H groups in total. The Labute approximate surface area is 104 Å². The molecule has 2 heterocycles. The first-order chi connectivity index (χ1) is 8.78. The molecule has 0 bridgehead atoms. The predicted molar refractivity (Wildman–Crippen MR) is 66.0 cm³/mol. The number of rotatable bonds is 3. The maximum atomic E-state index is 9.29. The van der Waals surface area contributed by atoms with Crippen molar-refractivity contribution in [3.63, 3.8) is 0 Å². The Balaban J connectivity index is 2.02. The van der Waals surface area contributed by atoms with E-state index < -0.39 is 0 Å². The number of aryl methyl sites for hydroxylation is 1. The normalized spacial score (nSPS) is 11.2. The number of benzene rings is 1. The van der Waals surface area contributed by atoms with E-state index >= 15 is 0 Å². The zero-order valence-electron chi connectivity index (χ0n) is 10.00. The number of hydrogen-bond donors (Lipinski definition) is 1. The average Bonchev–Trinajstić information content (AvgIpc) is 2.97. The van der Waals surface area contributed by atoms with E-state index in [4.69, 9.17) is 4.52 Å². The highest BCUT2D eigenvalue weighted by molar-refractivity contribution is 5.83. The van der Waals surface area contributed by atoms with Gasteiger partial charge in [0.1, 0.15) is 6.54 Å². The summed E-state index contributed by atoms with van der Waals surface area (Å²) in [5, 5.41) is 14.1. The minimum absolute atomic E-state index is 0.0427. The molecule has 0 aliphatic rings. The minimum atomic E-state index is 0.0427. The van der Waals surface area contributed by atoms with Crippen LogP contribution < -0.4 is 0 Å². The molecule has 1 aromatic carbocycles. The molecule has 0 unspecified atom stereocenters. The van der Waals surface area contributed by atoms with Crippen LogP contribution in [-0.2, 0) is 13.2 Å².